The molecule has 0 aliphatic heterocycles. The molecule has 100 valence electrons. The van der Waals surface area contributed by atoms with Gasteiger partial charge in [-0.2, -0.15) is 0 Å². The summed E-state index contributed by atoms with van der Waals surface area (Å²) in [4.78, 5) is 32.5. The molecule has 1 aromatic rings. The highest BCUT2D eigenvalue weighted by Crippen LogP contribution is 2.39. The number of rotatable bonds is 4. The molecule has 2 rings (SSSR count). The molecule has 1 saturated carbocycles. The number of aryl methyl sites for hydroxylation is 1. The third-order valence-corrected chi connectivity index (χ3v) is 3.11. The SMILES string of the molecule is Cc1cc(NC(=O)C2CC2C(=O)O)ccc1[N+](=O)[O-]. The number of anilines is 1. The topological polar surface area (TPSA) is 110 Å². The standard InChI is InChI=1S/C12H12N2O5/c1-6-4-7(2-3-10(6)14(18)19)13-11(15)8-5-9(8)12(16)17/h2-4,8-9H,5H2,1H3,(H,13,15)(H,16,17). The van der Waals surface area contributed by atoms with Crippen molar-refractivity contribution >= 4 is 23.3 Å². The zero-order valence-electron chi connectivity index (χ0n) is 10.1. The second kappa shape index (κ2) is 4.68. The first-order chi connectivity index (χ1) is 8.90. The molecule has 0 spiro atoms. The highest BCUT2D eigenvalue weighted by atomic mass is 16.6. The van der Waals surface area contributed by atoms with Gasteiger partial charge in [0.05, 0.1) is 16.8 Å². The minimum atomic E-state index is -0.972. The summed E-state index contributed by atoms with van der Waals surface area (Å²) in [5.41, 5.74) is 0.852. The van der Waals surface area contributed by atoms with E-state index in [0.717, 1.165) is 0 Å². The van der Waals surface area contributed by atoms with E-state index in [1.54, 1.807) is 6.92 Å². The Bertz CT molecular complexity index is 569. The second-order valence-corrected chi connectivity index (χ2v) is 4.53. The number of nitrogens with one attached hydrogen (secondary N) is 1. The number of nitro groups is 1. The number of amides is 1. The largest absolute Gasteiger partial charge is 0.481 e. The van der Waals surface area contributed by atoms with Crippen molar-refractivity contribution in [2.75, 3.05) is 5.32 Å². The number of hydrogen-bond donors (Lipinski definition) is 2. The van der Waals surface area contributed by atoms with Gasteiger partial charge in [-0.05, 0) is 25.5 Å². The number of benzene rings is 1. The fourth-order valence-corrected chi connectivity index (χ4v) is 1.93. The fourth-order valence-electron chi connectivity index (χ4n) is 1.93. The maximum Gasteiger partial charge on any atom is 0.307 e. The van der Waals surface area contributed by atoms with Crippen LogP contribution in [0.2, 0.25) is 0 Å². The average molecular weight is 264 g/mol. The van der Waals surface area contributed by atoms with Crippen LogP contribution in [0.1, 0.15) is 12.0 Å². The summed E-state index contributed by atoms with van der Waals surface area (Å²) in [5, 5.41) is 21.9. The van der Waals surface area contributed by atoms with Gasteiger partial charge in [-0.25, -0.2) is 0 Å². The van der Waals surface area contributed by atoms with E-state index >= 15 is 0 Å². The lowest BCUT2D eigenvalue weighted by Gasteiger charge is -2.05. The van der Waals surface area contributed by atoms with E-state index in [2.05, 4.69) is 5.32 Å². The lowest BCUT2D eigenvalue weighted by molar-refractivity contribution is -0.385. The van der Waals surface area contributed by atoms with Gasteiger partial charge in [-0.1, -0.05) is 0 Å². The molecule has 1 amide bonds. The molecule has 2 atom stereocenters. The molecule has 19 heavy (non-hydrogen) atoms. The smallest absolute Gasteiger partial charge is 0.307 e. The summed E-state index contributed by atoms with van der Waals surface area (Å²) in [6, 6.07) is 4.24. The van der Waals surface area contributed by atoms with Crippen molar-refractivity contribution in [1.29, 1.82) is 0 Å². The van der Waals surface area contributed by atoms with Crippen molar-refractivity contribution in [3.05, 3.63) is 33.9 Å². The molecule has 1 aliphatic rings. The predicted octanol–water partition coefficient (Wildman–Crippen LogP) is 1.56. The third kappa shape index (κ3) is 2.70. The molecule has 7 heteroatoms. The zero-order chi connectivity index (χ0) is 14.2. The van der Waals surface area contributed by atoms with E-state index in [1.807, 2.05) is 0 Å². The second-order valence-electron chi connectivity index (χ2n) is 4.53. The van der Waals surface area contributed by atoms with Gasteiger partial charge >= 0.3 is 5.97 Å². The van der Waals surface area contributed by atoms with E-state index in [-0.39, 0.29) is 11.6 Å². The molecule has 2 unspecified atom stereocenters. The summed E-state index contributed by atoms with van der Waals surface area (Å²) >= 11 is 0. The third-order valence-electron chi connectivity index (χ3n) is 3.11. The van der Waals surface area contributed by atoms with Crippen molar-refractivity contribution in [2.45, 2.75) is 13.3 Å². The van der Waals surface area contributed by atoms with Crippen molar-refractivity contribution < 1.29 is 19.6 Å². The van der Waals surface area contributed by atoms with Crippen LogP contribution in [0.4, 0.5) is 11.4 Å². The van der Waals surface area contributed by atoms with Crippen LogP contribution in [0.25, 0.3) is 0 Å². The Morgan fingerprint density at radius 3 is 2.58 bits per heavy atom. The lowest BCUT2D eigenvalue weighted by Crippen LogP contribution is -2.16. The molecule has 2 N–H and O–H groups in total. The molecular weight excluding hydrogens is 252 g/mol. The molecule has 0 radical (unpaired) electrons. The number of carboxylic acids is 1. The Kier molecular flexibility index (Phi) is 3.20. The van der Waals surface area contributed by atoms with Crippen molar-refractivity contribution in [3.63, 3.8) is 0 Å². The van der Waals surface area contributed by atoms with Crippen LogP contribution in [0.5, 0.6) is 0 Å². The van der Waals surface area contributed by atoms with Gasteiger partial charge < -0.3 is 10.4 Å². The summed E-state index contributed by atoms with van der Waals surface area (Å²) < 4.78 is 0. The Balaban J connectivity index is 2.04. The normalized spacial score (nSPS) is 20.7. The molecule has 1 fully saturated rings. The Morgan fingerprint density at radius 1 is 1.42 bits per heavy atom. The first-order valence-corrected chi connectivity index (χ1v) is 5.69. The quantitative estimate of drug-likeness (QED) is 0.633. The van der Waals surface area contributed by atoms with Crippen molar-refractivity contribution in [1.82, 2.24) is 0 Å². The Morgan fingerprint density at radius 2 is 2.11 bits per heavy atom. The van der Waals surface area contributed by atoms with Crippen LogP contribution < -0.4 is 5.32 Å². The van der Waals surface area contributed by atoms with Gasteiger partial charge in [0, 0.05) is 17.3 Å². The lowest BCUT2D eigenvalue weighted by atomic mass is 10.1. The number of hydrogen-bond acceptors (Lipinski definition) is 4. The molecule has 0 saturated heterocycles. The molecule has 0 aromatic heterocycles. The van der Waals surface area contributed by atoms with Gasteiger partial charge in [0.15, 0.2) is 0 Å². The minimum absolute atomic E-state index is 0.0205. The van der Waals surface area contributed by atoms with Crippen molar-refractivity contribution in [2.24, 2.45) is 11.8 Å². The van der Waals surface area contributed by atoms with E-state index in [9.17, 15) is 19.7 Å². The number of nitrogens with zero attached hydrogens (tertiary/aromatic N) is 1. The van der Waals surface area contributed by atoms with E-state index in [1.165, 1.54) is 18.2 Å². The molecule has 0 heterocycles. The van der Waals surface area contributed by atoms with Gasteiger partial charge in [-0.3, -0.25) is 19.7 Å². The number of carbonyl (C=O) groups is 2. The number of aliphatic carboxylic acids is 1. The Labute approximate surface area is 108 Å². The van der Waals surface area contributed by atoms with Crippen molar-refractivity contribution in [3.8, 4) is 0 Å². The maximum atomic E-state index is 11.7. The van der Waals surface area contributed by atoms with Crippen LogP contribution in [-0.2, 0) is 9.59 Å². The van der Waals surface area contributed by atoms with Gasteiger partial charge in [-0.15, -0.1) is 0 Å². The monoisotopic (exact) mass is 264 g/mol. The van der Waals surface area contributed by atoms with Crippen LogP contribution in [0.3, 0.4) is 0 Å². The summed E-state index contributed by atoms with van der Waals surface area (Å²) in [6.45, 7) is 1.57. The van der Waals surface area contributed by atoms with E-state index in [4.69, 9.17) is 5.11 Å². The molecule has 1 aliphatic carbocycles. The van der Waals surface area contributed by atoms with Crippen LogP contribution in [0.15, 0.2) is 18.2 Å². The molecular formula is C12H12N2O5. The first-order valence-electron chi connectivity index (χ1n) is 5.69. The average Bonchev–Trinajstić information content (AvgIpc) is 3.08. The van der Waals surface area contributed by atoms with E-state index < -0.39 is 22.7 Å². The van der Waals surface area contributed by atoms with E-state index in [0.29, 0.717) is 17.7 Å². The summed E-state index contributed by atoms with van der Waals surface area (Å²) in [6.07, 6.45) is 0.340. The predicted molar refractivity (Wildman–Crippen MR) is 65.7 cm³/mol. The highest BCUT2D eigenvalue weighted by Gasteiger charge is 2.48. The van der Waals surface area contributed by atoms with Gasteiger partial charge in [0.2, 0.25) is 5.91 Å². The highest BCUT2D eigenvalue weighted by molar-refractivity contribution is 5.98. The van der Waals surface area contributed by atoms with Crippen LogP contribution >= 0.6 is 0 Å². The molecule has 1 aromatic carbocycles. The van der Waals surface area contributed by atoms with Crippen LogP contribution in [0, 0.1) is 28.9 Å². The minimum Gasteiger partial charge on any atom is -0.481 e. The molecule has 0 bridgehead atoms. The zero-order valence-corrected chi connectivity index (χ0v) is 10.1. The summed E-state index contributed by atoms with van der Waals surface area (Å²) in [5.74, 6) is -2.45. The first kappa shape index (κ1) is 13.0. The van der Waals surface area contributed by atoms with Gasteiger partial charge in [0.1, 0.15) is 0 Å². The number of nitro benzene ring substituents is 1. The summed E-state index contributed by atoms with van der Waals surface area (Å²) in [7, 11) is 0. The number of carboxylic acid groups (broad SMARTS) is 1. The maximum absolute atomic E-state index is 11.7. The van der Waals surface area contributed by atoms with Crippen LogP contribution in [-0.4, -0.2) is 21.9 Å². The van der Waals surface area contributed by atoms with Gasteiger partial charge in [0.25, 0.3) is 5.69 Å². The molecule has 7 nitrogen and oxygen atoms in total. The fraction of sp³-hybridized carbons (Fsp3) is 0.333. The number of carbonyl (C=O) groups excluding carboxylic acids is 1. The Hall–Kier alpha value is -2.44.